The molecule has 32 heteroatoms. The normalized spacial score (nSPS) is 41.0. The molecule has 644 valence electrons. The molecule has 3 aromatic rings. The summed E-state index contributed by atoms with van der Waals surface area (Å²) >= 11 is 4.37. The molecule has 15 atom stereocenters. The SMILES string of the molecule is CC1(OC(=O)C2C3CC(Sc4ccc(C(c5ccc(SC6CC7CC6C(C(=O)OCC(F)(F)S(=O)(=O)O)C7C(=O)OC6(C)C7CC8CC(C7)CC6C8)cc5)c5ccc(SC6CC7CC6C(C(=O)OCC(F)(F)S(=O)(=O)O)C7C(=O)OC6(C)C7CC8CC(C7)CC6C8)cc5)cc4)C(C3)C2C(=O)CCC(F)(F)S(=O)(=O)O)C2CC3CC(C2)CC1C3. The van der Waals surface area contributed by atoms with E-state index >= 15 is 0 Å². The van der Waals surface area contributed by atoms with Crippen molar-refractivity contribution < 1.29 is 118 Å². The Bertz CT molecular complexity index is 4280. The summed E-state index contributed by atoms with van der Waals surface area (Å²) in [5.41, 5.74) is 0.111. The molecule has 0 aromatic heterocycles. The van der Waals surface area contributed by atoms with Crippen LogP contribution in [-0.2, 0) is 82.8 Å². The van der Waals surface area contributed by atoms with Crippen LogP contribution in [0.5, 0.6) is 0 Å². The Kier molecular flexibility index (Phi) is 21.4. The Morgan fingerprint density at radius 3 is 0.881 bits per heavy atom. The highest BCUT2D eigenvalue weighted by molar-refractivity contribution is 8.00. The minimum absolute atomic E-state index is 0.130. The van der Waals surface area contributed by atoms with Gasteiger partial charge in [-0.2, -0.15) is 51.6 Å². The van der Waals surface area contributed by atoms with Gasteiger partial charge in [0.25, 0.3) is 0 Å². The molecule has 20 nitrogen and oxygen atoms in total. The Morgan fingerprint density at radius 2 is 0.619 bits per heavy atom. The first kappa shape index (κ1) is 83.9. The Hall–Kier alpha value is -4.96. The standard InChI is InChI=1S/C86H102F6O20S6/c1-81(53-21-41-18-42(23-53)24-54(81)22-41)110-78(96)70-50-33-62(73(70)65(93)16-17-84(87,88)116(99,100)101)66(36-50)113-59-10-4-47(5-11-59)69(48-6-12-60(13-7-48)114-67-37-51-34-63(67)74(76(94)108-39-85(89,90)117(102,103)104)71(51)79(97)111-82(2)55-25-43-19-44(27-55)28-56(82)26-43)49-8-14-61(15-9-49)115-68-38-52-35-64(68)75(77(95)109-40-86(91,92)118(105,106)107)72(52)80(98)112-83(3)57-29-45-20-46(31-57)32-58(83)30-45/h4-15,41-46,50-58,62-64,66-75H,16-40H2,1-3H3,(H,99,100,101)(H,102,103,104)(H,105,106,107). The van der Waals surface area contributed by atoms with Crippen LogP contribution in [0.1, 0.15) is 191 Å². The minimum Gasteiger partial charge on any atom is -0.459 e. The molecule has 15 unspecified atom stereocenters. The van der Waals surface area contributed by atoms with Crippen LogP contribution in [0.3, 0.4) is 0 Å². The second kappa shape index (κ2) is 30.2. The lowest BCUT2D eigenvalue weighted by molar-refractivity contribution is -0.211. The quantitative estimate of drug-likeness (QED) is 0.0200. The number of Topliss-reactive ketones (excluding diaryl/α,β-unsaturated/α-hetero) is 1. The summed E-state index contributed by atoms with van der Waals surface area (Å²) < 4.78 is 217. The summed E-state index contributed by atoms with van der Waals surface area (Å²) in [5.74, 6) is -10.6. The summed E-state index contributed by atoms with van der Waals surface area (Å²) in [5, 5.41) is -15.2. The fraction of sp³-hybridized carbons (Fsp3) is 0.721. The van der Waals surface area contributed by atoms with E-state index in [0.717, 1.165) is 128 Å². The smallest absolute Gasteiger partial charge is 0.402 e. The van der Waals surface area contributed by atoms with Gasteiger partial charge >= 0.3 is 76.0 Å². The van der Waals surface area contributed by atoms with Gasteiger partial charge in [0, 0.05) is 55.1 Å². The van der Waals surface area contributed by atoms with Crippen molar-refractivity contribution in [3.63, 3.8) is 0 Å². The zero-order valence-electron chi connectivity index (χ0n) is 65.8. The molecule has 18 saturated carbocycles. The number of alkyl halides is 6. The molecule has 18 aliphatic carbocycles. The average Bonchev–Trinajstić information content (AvgIpc) is 1.30. The number of halogens is 6. The molecular formula is C86H102F6O20S6. The number of carbonyl (C=O) groups excluding carboxylic acids is 6. The summed E-state index contributed by atoms with van der Waals surface area (Å²) in [4.78, 5) is 89.7. The topological polar surface area (TPSA) is 312 Å². The number of ketones is 1. The van der Waals surface area contributed by atoms with Crippen molar-refractivity contribution in [2.75, 3.05) is 13.2 Å². The van der Waals surface area contributed by atoms with Crippen LogP contribution in [0.15, 0.2) is 87.5 Å². The molecule has 0 heterocycles. The molecule has 18 bridgehead atoms. The number of benzene rings is 3. The van der Waals surface area contributed by atoms with E-state index in [0.29, 0.717) is 74.0 Å². The molecule has 0 amide bonds. The average molecular weight is 1760 g/mol. The number of hydrogen-bond donors (Lipinski definition) is 3. The first-order valence-electron chi connectivity index (χ1n) is 42.4. The third-order valence-corrected chi connectivity index (χ3v) is 39.7. The molecule has 21 rings (SSSR count). The van der Waals surface area contributed by atoms with Gasteiger partial charge in [0.1, 0.15) is 22.6 Å². The molecule has 3 aromatic carbocycles. The van der Waals surface area contributed by atoms with Crippen molar-refractivity contribution in [2.45, 2.75) is 237 Å². The minimum atomic E-state index is -5.98. The van der Waals surface area contributed by atoms with Gasteiger partial charge in [-0.05, 0) is 315 Å². The van der Waals surface area contributed by atoms with E-state index < -0.39 is 196 Å². The van der Waals surface area contributed by atoms with Crippen LogP contribution in [0, 0.1) is 142 Å². The number of fused-ring (bicyclic) bond motifs is 6. The highest BCUT2D eigenvalue weighted by Crippen LogP contribution is 2.67. The lowest BCUT2D eigenvalue weighted by Crippen LogP contribution is -2.59. The van der Waals surface area contributed by atoms with Gasteiger partial charge in [0.05, 0.1) is 29.6 Å². The maximum Gasteiger partial charge on any atom is 0.402 e. The number of hydrogen-bond acceptors (Lipinski definition) is 20. The summed E-state index contributed by atoms with van der Waals surface area (Å²) in [6.07, 6.45) is 14.8. The van der Waals surface area contributed by atoms with E-state index in [1.165, 1.54) is 35.3 Å². The first-order chi connectivity index (χ1) is 55.5. The van der Waals surface area contributed by atoms with Crippen molar-refractivity contribution in [1.82, 2.24) is 0 Å². The molecule has 3 N–H and O–H groups in total. The maximum atomic E-state index is 14.9. The Morgan fingerprint density at radius 1 is 0.364 bits per heavy atom. The van der Waals surface area contributed by atoms with Gasteiger partial charge in [0.2, 0.25) is 0 Å². The van der Waals surface area contributed by atoms with E-state index in [1.54, 1.807) is 0 Å². The van der Waals surface area contributed by atoms with E-state index in [-0.39, 0.29) is 57.2 Å². The van der Waals surface area contributed by atoms with Crippen molar-refractivity contribution in [3.05, 3.63) is 89.5 Å². The molecule has 18 fully saturated rings. The predicted molar refractivity (Wildman–Crippen MR) is 419 cm³/mol. The van der Waals surface area contributed by atoms with Gasteiger partial charge < -0.3 is 23.7 Å². The third kappa shape index (κ3) is 14.8. The maximum absolute atomic E-state index is 14.9. The van der Waals surface area contributed by atoms with Crippen LogP contribution in [0.2, 0.25) is 0 Å². The van der Waals surface area contributed by atoms with E-state index in [1.807, 2.05) is 93.6 Å². The van der Waals surface area contributed by atoms with Crippen LogP contribution < -0.4 is 0 Å². The van der Waals surface area contributed by atoms with Crippen molar-refractivity contribution in [2.24, 2.45) is 142 Å². The third-order valence-electron chi connectivity index (χ3n) is 32.9. The predicted octanol–water partition coefficient (Wildman–Crippen LogP) is 16.2. The zero-order chi connectivity index (χ0) is 83.4. The summed E-state index contributed by atoms with van der Waals surface area (Å²) in [7, 11) is -17.8. The number of ether oxygens (including phenoxy) is 5. The molecular weight excluding hydrogens is 1660 g/mol. The van der Waals surface area contributed by atoms with Crippen molar-refractivity contribution >= 4 is 101 Å². The highest BCUT2D eigenvalue weighted by atomic mass is 32.2. The molecule has 118 heavy (non-hydrogen) atoms. The van der Waals surface area contributed by atoms with E-state index in [9.17, 15) is 94.0 Å². The zero-order valence-corrected chi connectivity index (χ0v) is 70.7. The summed E-state index contributed by atoms with van der Waals surface area (Å²) in [6.45, 7) is 2.03. The van der Waals surface area contributed by atoms with Crippen molar-refractivity contribution in [3.8, 4) is 0 Å². The number of carbonyl (C=O) groups is 6. The molecule has 0 aliphatic heterocycles. The second-order valence-corrected chi connectivity index (χ2v) is 47.8. The van der Waals surface area contributed by atoms with Gasteiger partial charge in [-0.25, -0.2) is 0 Å². The van der Waals surface area contributed by atoms with E-state index in [4.69, 9.17) is 23.7 Å². The van der Waals surface area contributed by atoms with Crippen LogP contribution >= 0.6 is 35.3 Å². The van der Waals surface area contributed by atoms with Gasteiger partial charge in [0.15, 0.2) is 13.2 Å². The highest BCUT2D eigenvalue weighted by Gasteiger charge is 2.68. The number of rotatable bonds is 28. The lowest BCUT2D eigenvalue weighted by atomic mass is 9.50. The first-order valence-corrected chi connectivity index (χ1v) is 49.4. The molecule has 18 aliphatic rings. The van der Waals surface area contributed by atoms with Gasteiger partial charge in [-0.3, -0.25) is 42.4 Å². The second-order valence-electron chi connectivity index (χ2n) is 39.2. The Balaban J connectivity index is 0.613. The monoisotopic (exact) mass is 1760 g/mol. The molecule has 0 spiro atoms. The molecule has 0 radical (unpaired) electrons. The summed E-state index contributed by atoms with van der Waals surface area (Å²) in [6, 6.07) is 23.3. The molecule has 0 saturated heterocycles. The van der Waals surface area contributed by atoms with Gasteiger partial charge in [-0.15, -0.1) is 35.3 Å². The Labute approximate surface area is 696 Å². The largest absolute Gasteiger partial charge is 0.459 e. The van der Waals surface area contributed by atoms with Crippen LogP contribution in [0.25, 0.3) is 0 Å². The lowest BCUT2D eigenvalue weighted by Gasteiger charge is -2.59. The van der Waals surface area contributed by atoms with E-state index in [2.05, 4.69) is 0 Å². The number of thioether (sulfide) groups is 3. The van der Waals surface area contributed by atoms with Crippen LogP contribution in [0.4, 0.5) is 26.3 Å². The fourth-order valence-corrected chi connectivity index (χ4v) is 32.8. The fourth-order valence-electron chi connectivity index (χ4n) is 27.7. The van der Waals surface area contributed by atoms with Crippen LogP contribution in [-0.4, -0.2) is 136 Å². The number of esters is 5. The van der Waals surface area contributed by atoms with Gasteiger partial charge in [-0.1, -0.05) is 36.4 Å². The van der Waals surface area contributed by atoms with Crippen molar-refractivity contribution in [1.29, 1.82) is 0 Å².